The average molecular weight is 516 g/mol. The number of aromatic nitrogens is 6. The lowest BCUT2D eigenvalue weighted by atomic mass is 10.0. The second-order valence-electron chi connectivity index (χ2n) is 8.67. The second-order valence-corrected chi connectivity index (χ2v) is 9.05. The van der Waals surface area contributed by atoms with E-state index in [9.17, 15) is 14.7 Å². The highest BCUT2D eigenvalue weighted by Crippen LogP contribution is 2.29. The van der Waals surface area contributed by atoms with Crippen LogP contribution < -0.4 is 10.9 Å². The van der Waals surface area contributed by atoms with Gasteiger partial charge in [0, 0.05) is 23.9 Å². The van der Waals surface area contributed by atoms with Crippen LogP contribution in [0.5, 0.6) is 0 Å². The van der Waals surface area contributed by atoms with Gasteiger partial charge in [-0.2, -0.15) is 0 Å². The molecule has 5 rings (SSSR count). The van der Waals surface area contributed by atoms with Gasteiger partial charge in [0.15, 0.2) is 5.69 Å². The summed E-state index contributed by atoms with van der Waals surface area (Å²) in [5.41, 5.74) is 3.75. The van der Waals surface area contributed by atoms with Gasteiger partial charge in [0.25, 0.3) is 5.56 Å². The predicted octanol–water partition coefficient (Wildman–Crippen LogP) is 4.41. The molecule has 0 fully saturated rings. The van der Waals surface area contributed by atoms with Crippen LogP contribution in [-0.2, 0) is 7.05 Å². The molecule has 2 aromatic carbocycles. The summed E-state index contributed by atoms with van der Waals surface area (Å²) in [5, 5.41) is 21.0. The molecule has 0 aliphatic carbocycles. The number of benzene rings is 2. The third-order valence-electron chi connectivity index (χ3n) is 6.10. The Morgan fingerprint density at radius 1 is 1.05 bits per heavy atom. The van der Waals surface area contributed by atoms with Crippen molar-refractivity contribution in [1.82, 2.24) is 29.3 Å². The van der Waals surface area contributed by atoms with Crippen LogP contribution in [0.2, 0.25) is 5.15 Å². The first-order chi connectivity index (χ1) is 17.7. The maximum absolute atomic E-state index is 13.4. The molecule has 0 amide bonds. The Hall–Kier alpha value is -4.57. The van der Waals surface area contributed by atoms with Crippen LogP contribution in [0.1, 0.15) is 34.6 Å². The van der Waals surface area contributed by atoms with Crippen molar-refractivity contribution in [2.24, 2.45) is 7.05 Å². The number of pyridine rings is 1. The molecule has 10 nitrogen and oxygen atoms in total. The van der Waals surface area contributed by atoms with Gasteiger partial charge in [0.1, 0.15) is 23.6 Å². The normalized spacial score (nSPS) is 12.0. The van der Waals surface area contributed by atoms with Crippen molar-refractivity contribution in [3.05, 3.63) is 93.5 Å². The van der Waals surface area contributed by atoms with Crippen LogP contribution in [0.4, 0.5) is 5.69 Å². The number of nitrogens with zero attached hydrogens (tertiary/aromatic N) is 6. The fraction of sp³-hybridized carbons (Fsp3) is 0.154. The third kappa shape index (κ3) is 4.54. The number of fused-ring (bicyclic) bond motifs is 1. The molecule has 2 N–H and O–H groups in total. The van der Waals surface area contributed by atoms with Gasteiger partial charge in [-0.3, -0.25) is 13.9 Å². The molecule has 37 heavy (non-hydrogen) atoms. The first-order valence-corrected chi connectivity index (χ1v) is 11.7. The van der Waals surface area contributed by atoms with Gasteiger partial charge >= 0.3 is 5.97 Å². The standard InChI is InChI=1S/C26H22ClN7O3/c1-14-10-18(15(2)30-20-8-9-21(27)31-23(20)26(36)37)22-19(11-14)25(35)33(3)24(32-22)16-4-6-17(7-5-16)34-12-28-29-13-34/h4-13,15,30H,1-3H3,(H,36,37)/t15-/m1/s1. The zero-order valence-electron chi connectivity index (χ0n) is 20.2. The summed E-state index contributed by atoms with van der Waals surface area (Å²) in [6, 6.07) is 14.0. The van der Waals surface area contributed by atoms with E-state index in [-0.39, 0.29) is 16.4 Å². The van der Waals surface area contributed by atoms with E-state index < -0.39 is 12.0 Å². The monoisotopic (exact) mass is 515 g/mol. The van der Waals surface area contributed by atoms with Crippen molar-refractivity contribution >= 4 is 34.2 Å². The van der Waals surface area contributed by atoms with Gasteiger partial charge in [0.2, 0.25) is 0 Å². The molecular formula is C26H22ClN7O3. The van der Waals surface area contributed by atoms with E-state index in [2.05, 4.69) is 20.5 Å². The molecule has 0 aliphatic heterocycles. The van der Waals surface area contributed by atoms with E-state index >= 15 is 0 Å². The van der Waals surface area contributed by atoms with Gasteiger partial charge < -0.3 is 10.4 Å². The van der Waals surface area contributed by atoms with E-state index in [4.69, 9.17) is 16.6 Å². The molecule has 0 bridgehead atoms. The number of hydrogen-bond donors (Lipinski definition) is 2. The number of rotatable bonds is 6. The summed E-state index contributed by atoms with van der Waals surface area (Å²) in [5.74, 6) is -0.694. The highest BCUT2D eigenvalue weighted by atomic mass is 35.5. The molecule has 186 valence electrons. The lowest BCUT2D eigenvalue weighted by Gasteiger charge is -2.20. The molecule has 0 radical (unpaired) electrons. The number of halogens is 1. The lowest BCUT2D eigenvalue weighted by molar-refractivity contribution is 0.0691. The van der Waals surface area contributed by atoms with Crippen LogP contribution in [0.15, 0.2) is 66.0 Å². The van der Waals surface area contributed by atoms with E-state index in [0.29, 0.717) is 22.4 Å². The van der Waals surface area contributed by atoms with Gasteiger partial charge in [-0.15, -0.1) is 10.2 Å². The summed E-state index contributed by atoms with van der Waals surface area (Å²) in [7, 11) is 1.69. The molecule has 0 unspecified atom stereocenters. The minimum Gasteiger partial charge on any atom is -0.476 e. The zero-order valence-corrected chi connectivity index (χ0v) is 20.9. The van der Waals surface area contributed by atoms with Crippen molar-refractivity contribution in [3.8, 4) is 17.1 Å². The molecular weight excluding hydrogens is 494 g/mol. The zero-order chi connectivity index (χ0) is 26.3. The van der Waals surface area contributed by atoms with Crippen molar-refractivity contribution in [2.45, 2.75) is 19.9 Å². The Balaban J connectivity index is 1.61. The van der Waals surface area contributed by atoms with Crippen LogP contribution in [0.25, 0.3) is 28.0 Å². The van der Waals surface area contributed by atoms with Crippen LogP contribution in [-0.4, -0.2) is 40.4 Å². The summed E-state index contributed by atoms with van der Waals surface area (Å²) >= 11 is 5.90. The topological polar surface area (TPSA) is 128 Å². The number of aromatic carboxylic acids is 1. The predicted molar refractivity (Wildman–Crippen MR) is 140 cm³/mol. The van der Waals surface area contributed by atoms with Gasteiger partial charge in [0.05, 0.1) is 22.6 Å². The lowest BCUT2D eigenvalue weighted by Crippen LogP contribution is -2.22. The van der Waals surface area contributed by atoms with Crippen LogP contribution >= 0.6 is 11.6 Å². The molecule has 3 heterocycles. The molecule has 5 aromatic rings. The van der Waals surface area contributed by atoms with Gasteiger partial charge in [-0.1, -0.05) is 17.7 Å². The molecule has 1 atom stereocenters. The van der Waals surface area contributed by atoms with Crippen molar-refractivity contribution in [2.75, 3.05) is 5.32 Å². The first-order valence-electron chi connectivity index (χ1n) is 11.4. The molecule has 11 heteroatoms. The quantitative estimate of drug-likeness (QED) is 0.318. The van der Waals surface area contributed by atoms with Crippen molar-refractivity contribution in [1.29, 1.82) is 0 Å². The minimum atomic E-state index is -1.20. The van der Waals surface area contributed by atoms with Crippen molar-refractivity contribution < 1.29 is 9.90 Å². The number of carboxylic acids is 1. The van der Waals surface area contributed by atoms with Crippen molar-refractivity contribution in [3.63, 3.8) is 0 Å². The van der Waals surface area contributed by atoms with E-state index in [0.717, 1.165) is 22.4 Å². The molecule has 0 saturated carbocycles. The maximum Gasteiger partial charge on any atom is 0.356 e. The fourth-order valence-electron chi connectivity index (χ4n) is 4.28. The SMILES string of the molecule is Cc1cc([C@@H](C)Nc2ccc(Cl)nc2C(=O)O)c2nc(-c3ccc(-n4cnnc4)cc3)n(C)c(=O)c2c1. The smallest absolute Gasteiger partial charge is 0.356 e. The summed E-state index contributed by atoms with van der Waals surface area (Å²) in [6.07, 6.45) is 3.21. The van der Waals surface area contributed by atoms with Gasteiger partial charge in [-0.25, -0.2) is 14.8 Å². The Morgan fingerprint density at radius 3 is 2.43 bits per heavy atom. The van der Waals surface area contributed by atoms with Crippen LogP contribution in [0, 0.1) is 6.92 Å². The highest BCUT2D eigenvalue weighted by molar-refractivity contribution is 6.29. The van der Waals surface area contributed by atoms with Crippen LogP contribution in [0.3, 0.4) is 0 Å². The van der Waals surface area contributed by atoms with E-state index in [1.807, 2.05) is 50.2 Å². The average Bonchev–Trinajstić information content (AvgIpc) is 3.42. The molecule has 0 aliphatic rings. The number of anilines is 1. The largest absolute Gasteiger partial charge is 0.476 e. The molecule has 0 spiro atoms. The Labute approximate surface area is 216 Å². The Bertz CT molecular complexity index is 1700. The number of carbonyl (C=O) groups is 1. The fourth-order valence-corrected chi connectivity index (χ4v) is 4.43. The first kappa shape index (κ1) is 24.1. The number of carboxylic acid groups (broad SMARTS) is 1. The summed E-state index contributed by atoms with van der Waals surface area (Å²) in [6.45, 7) is 3.78. The van der Waals surface area contributed by atoms with E-state index in [1.165, 1.54) is 10.6 Å². The van der Waals surface area contributed by atoms with E-state index in [1.54, 1.807) is 30.3 Å². The second kappa shape index (κ2) is 9.47. The maximum atomic E-state index is 13.4. The number of nitrogens with one attached hydrogen (secondary N) is 1. The Kier molecular flexibility index (Phi) is 6.18. The molecule has 3 aromatic heterocycles. The molecule has 0 saturated heterocycles. The van der Waals surface area contributed by atoms with Gasteiger partial charge in [-0.05, 0) is 61.9 Å². The third-order valence-corrected chi connectivity index (χ3v) is 6.31. The highest BCUT2D eigenvalue weighted by Gasteiger charge is 2.20. The number of hydrogen-bond acceptors (Lipinski definition) is 7. The minimum absolute atomic E-state index is 0.0849. The summed E-state index contributed by atoms with van der Waals surface area (Å²) < 4.78 is 3.31. The number of aryl methyl sites for hydroxylation is 1. The Morgan fingerprint density at radius 2 is 1.76 bits per heavy atom. The summed E-state index contributed by atoms with van der Waals surface area (Å²) in [4.78, 5) is 34.0.